The third-order valence-corrected chi connectivity index (χ3v) is 6.59. The highest BCUT2D eigenvalue weighted by atomic mass is 31.2. The molecule has 42 heavy (non-hydrogen) atoms. The molecule has 0 bridgehead atoms. The van der Waals surface area contributed by atoms with E-state index in [1.165, 1.54) is 18.2 Å². The Kier molecular flexibility index (Phi) is 10.1. The molecule has 0 unspecified atom stereocenters. The van der Waals surface area contributed by atoms with Crippen LogP contribution in [0.3, 0.4) is 0 Å². The summed E-state index contributed by atoms with van der Waals surface area (Å²) < 4.78 is 20.9. The van der Waals surface area contributed by atoms with Crippen LogP contribution in [0.15, 0.2) is 48.5 Å². The minimum Gasteiger partial charge on any atom is -0.445 e. The molecule has 1 aliphatic carbocycles. The first kappa shape index (κ1) is 31.9. The van der Waals surface area contributed by atoms with Gasteiger partial charge in [0.25, 0.3) is 0 Å². The van der Waals surface area contributed by atoms with Crippen molar-refractivity contribution in [1.29, 1.82) is 0 Å². The number of carbonyl (C=O) groups is 5. The molecule has 0 aromatic heterocycles. The lowest BCUT2D eigenvalue weighted by molar-refractivity contribution is -0.133. The minimum absolute atomic E-state index is 0.0942. The number of rotatable bonds is 14. The highest BCUT2D eigenvalue weighted by molar-refractivity contribution is 7.46. The van der Waals surface area contributed by atoms with Crippen LogP contribution in [-0.4, -0.2) is 57.1 Å². The van der Waals surface area contributed by atoms with E-state index in [-0.39, 0.29) is 37.3 Å². The number of carbonyl (C=O) groups excluding carboxylic acids is 5. The number of benzene rings is 2. The van der Waals surface area contributed by atoms with Crippen molar-refractivity contribution in [2.75, 3.05) is 5.73 Å². The van der Waals surface area contributed by atoms with Crippen molar-refractivity contribution in [3.8, 4) is 5.75 Å². The topological polar surface area (TPSA) is 275 Å². The molecule has 16 nitrogen and oxygen atoms in total. The van der Waals surface area contributed by atoms with E-state index in [1.807, 2.05) is 0 Å². The number of hydrogen-bond donors (Lipinski definition) is 8. The first-order valence-electron chi connectivity index (χ1n) is 12.5. The number of primary amides is 2. The van der Waals surface area contributed by atoms with E-state index < -0.39 is 61.6 Å². The van der Waals surface area contributed by atoms with Crippen molar-refractivity contribution in [2.24, 2.45) is 11.5 Å². The van der Waals surface area contributed by atoms with Crippen LogP contribution in [0.5, 0.6) is 5.75 Å². The van der Waals surface area contributed by atoms with Crippen LogP contribution in [0.1, 0.15) is 30.4 Å². The summed E-state index contributed by atoms with van der Waals surface area (Å²) in [5, 5.41) is 7.34. The molecule has 0 saturated heterocycles. The summed E-state index contributed by atoms with van der Waals surface area (Å²) in [4.78, 5) is 79.9. The van der Waals surface area contributed by atoms with E-state index in [9.17, 15) is 28.5 Å². The first-order chi connectivity index (χ1) is 19.7. The third kappa shape index (κ3) is 9.47. The lowest BCUT2D eigenvalue weighted by Gasteiger charge is -2.24. The van der Waals surface area contributed by atoms with Gasteiger partial charge in [0.05, 0.1) is 12.1 Å². The van der Waals surface area contributed by atoms with Gasteiger partial charge in [-0.05, 0) is 36.1 Å². The molecule has 11 N–H and O–H groups in total. The number of phosphoric acid groups is 1. The van der Waals surface area contributed by atoms with Crippen LogP contribution in [0, 0.1) is 0 Å². The second-order valence-electron chi connectivity index (χ2n) is 9.59. The number of hydrogen-bond acceptors (Lipinski definition) is 9. The van der Waals surface area contributed by atoms with E-state index in [0.717, 1.165) is 0 Å². The second kappa shape index (κ2) is 13.3. The molecule has 0 aliphatic heterocycles. The van der Waals surface area contributed by atoms with E-state index in [2.05, 4.69) is 20.5 Å². The Morgan fingerprint density at radius 2 is 1.62 bits per heavy atom. The fourth-order valence-electron chi connectivity index (χ4n) is 3.87. The van der Waals surface area contributed by atoms with Gasteiger partial charge < -0.3 is 42.4 Å². The monoisotopic (exact) mass is 606 g/mol. The highest BCUT2D eigenvalue weighted by Gasteiger charge is 2.52. The molecule has 1 saturated carbocycles. The van der Waals surface area contributed by atoms with E-state index in [1.54, 1.807) is 30.3 Å². The van der Waals surface area contributed by atoms with Gasteiger partial charge >= 0.3 is 13.9 Å². The predicted molar refractivity (Wildman–Crippen MR) is 146 cm³/mol. The van der Waals surface area contributed by atoms with Gasteiger partial charge in [-0.25, -0.2) is 9.36 Å². The van der Waals surface area contributed by atoms with Crippen molar-refractivity contribution in [1.82, 2.24) is 16.0 Å². The molecule has 17 heteroatoms. The van der Waals surface area contributed by atoms with Gasteiger partial charge in [-0.2, -0.15) is 0 Å². The summed E-state index contributed by atoms with van der Waals surface area (Å²) in [6.45, 7) is -0.0942. The molecular formula is C25H31N6O10P. The maximum absolute atomic E-state index is 13.4. The standard InChI is InChI=1S/C25H31N6O10P/c26-16-10-15(6-7-19(16)41-42(37,38)39)11-18(30-24(36)40-13-14-4-2-1-3-5-14)22(34)31-25(8-9-25)23(35)29-17(21(28)33)12-20(27)32/h1-7,10,17-18H,8-9,11-13,26H2,(H2,27,32)(H2,28,33)(H,29,35)(H,30,36)(H,31,34)(H2,37,38,39)/t17-,18-/m0/s1. The molecule has 0 radical (unpaired) electrons. The van der Waals surface area contributed by atoms with Crippen LogP contribution in [-0.2, 0) is 41.5 Å². The van der Waals surface area contributed by atoms with Crippen molar-refractivity contribution in [2.45, 2.75) is 49.9 Å². The number of phosphoric ester groups is 1. The number of amides is 5. The fourth-order valence-corrected chi connectivity index (χ4v) is 4.29. The predicted octanol–water partition coefficient (Wildman–Crippen LogP) is -0.928. The lowest BCUT2D eigenvalue weighted by atomic mass is 10.0. The number of alkyl carbamates (subject to hydrolysis) is 1. The van der Waals surface area contributed by atoms with Gasteiger partial charge in [0, 0.05) is 6.42 Å². The Hall–Kier alpha value is -4.66. The zero-order valence-electron chi connectivity index (χ0n) is 22.1. The average Bonchev–Trinajstić information content (AvgIpc) is 3.68. The third-order valence-electron chi connectivity index (χ3n) is 6.15. The number of nitrogens with one attached hydrogen (secondary N) is 3. The van der Waals surface area contributed by atoms with Crippen molar-refractivity contribution in [3.63, 3.8) is 0 Å². The van der Waals surface area contributed by atoms with Crippen LogP contribution in [0.4, 0.5) is 10.5 Å². The summed E-state index contributed by atoms with van der Waals surface area (Å²) in [6.07, 6.45) is -1.28. The number of ether oxygens (including phenoxy) is 1. The lowest BCUT2D eigenvalue weighted by Crippen LogP contribution is -2.58. The average molecular weight is 607 g/mol. The molecule has 2 aromatic carbocycles. The fraction of sp³-hybridized carbons (Fsp3) is 0.320. The summed E-state index contributed by atoms with van der Waals surface area (Å²) >= 11 is 0. The second-order valence-corrected chi connectivity index (χ2v) is 10.8. The normalized spacial score (nSPS) is 14.9. The van der Waals surface area contributed by atoms with Crippen LogP contribution in [0.2, 0.25) is 0 Å². The smallest absolute Gasteiger partial charge is 0.445 e. The van der Waals surface area contributed by atoms with E-state index in [4.69, 9.17) is 31.7 Å². The van der Waals surface area contributed by atoms with Gasteiger partial charge in [0.1, 0.15) is 24.2 Å². The quantitative estimate of drug-likeness (QED) is 0.0961. The van der Waals surface area contributed by atoms with Gasteiger partial charge in [-0.15, -0.1) is 0 Å². The highest BCUT2D eigenvalue weighted by Crippen LogP contribution is 2.40. The molecule has 3 rings (SSSR count). The summed E-state index contributed by atoms with van der Waals surface area (Å²) in [5.41, 5.74) is 15.7. The molecule has 0 spiro atoms. The van der Waals surface area contributed by atoms with Crippen molar-refractivity contribution >= 4 is 43.2 Å². The van der Waals surface area contributed by atoms with E-state index in [0.29, 0.717) is 11.1 Å². The van der Waals surface area contributed by atoms with Gasteiger partial charge in [0.2, 0.25) is 23.6 Å². The van der Waals surface area contributed by atoms with Crippen LogP contribution < -0.4 is 37.7 Å². The van der Waals surface area contributed by atoms with Crippen molar-refractivity contribution < 1.29 is 47.6 Å². The molecule has 226 valence electrons. The number of nitrogens with two attached hydrogens (primary N) is 3. The minimum atomic E-state index is -4.89. The van der Waals surface area contributed by atoms with Crippen LogP contribution >= 0.6 is 7.82 Å². The SMILES string of the molecule is NC(=O)C[C@H](NC(=O)C1(NC(=O)[C@H](Cc2ccc(OP(=O)(O)O)c(N)c2)NC(=O)OCc2ccccc2)CC1)C(N)=O. The maximum Gasteiger partial charge on any atom is 0.524 e. The van der Waals surface area contributed by atoms with Gasteiger partial charge in [0.15, 0.2) is 5.75 Å². The molecule has 0 heterocycles. The zero-order chi connectivity index (χ0) is 31.1. The molecular weight excluding hydrogens is 575 g/mol. The van der Waals surface area contributed by atoms with Gasteiger partial charge in [-0.3, -0.25) is 29.0 Å². The Labute approximate surface area is 239 Å². The van der Waals surface area contributed by atoms with Crippen molar-refractivity contribution in [3.05, 3.63) is 59.7 Å². The molecule has 1 aliphatic rings. The van der Waals surface area contributed by atoms with E-state index >= 15 is 0 Å². The zero-order valence-corrected chi connectivity index (χ0v) is 23.0. The maximum atomic E-state index is 13.4. The Morgan fingerprint density at radius 3 is 2.17 bits per heavy atom. The number of nitrogen functional groups attached to an aromatic ring is 1. The first-order valence-corrected chi connectivity index (χ1v) is 14.0. The van der Waals surface area contributed by atoms with Crippen LogP contribution in [0.25, 0.3) is 0 Å². The largest absolute Gasteiger partial charge is 0.524 e. The Balaban J connectivity index is 1.76. The van der Waals surface area contributed by atoms with Gasteiger partial charge in [-0.1, -0.05) is 36.4 Å². The molecule has 1 fully saturated rings. The molecule has 2 aromatic rings. The Bertz CT molecular complexity index is 1400. The Morgan fingerprint density at radius 1 is 0.952 bits per heavy atom. The summed E-state index contributed by atoms with van der Waals surface area (Å²) in [6, 6.07) is 9.91. The molecule has 5 amide bonds. The summed E-state index contributed by atoms with van der Waals surface area (Å²) in [7, 11) is -4.89. The summed E-state index contributed by atoms with van der Waals surface area (Å²) in [5.74, 6) is -3.72. The number of anilines is 1. The molecule has 2 atom stereocenters.